The lowest BCUT2D eigenvalue weighted by Gasteiger charge is -2.58. The van der Waals surface area contributed by atoms with Gasteiger partial charge in [-0.05, 0) is 91.4 Å². The number of hydrogen-bond acceptors (Lipinski definition) is 1. The summed E-state index contributed by atoms with van der Waals surface area (Å²) in [5, 5.41) is 0. The van der Waals surface area contributed by atoms with Crippen LogP contribution < -0.4 is 0 Å². The van der Waals surface area contributed by atoms with Gasteiger partial charge >= 0.3 is 0 Å². The van der Waals surface area contributed by atoms with Crippen molar-refractivity contribution in [1.29, 1.82) is 0 Å². The van der Waals surface area contributed by atoms with Crippen molar-refractivity contribution in [2.75, 3.05) is 0 Å². The number of carbonyl (C=O) groups excluding carboxylic acids is 1. The van der Waals surface area contributed by atoms with E-state index < -0.39 is 0 Å². The zero-order chi connectivity index (χ0) is 19.7. The van der Waals surface area contributed by atoms with Gasteiger partial charge in [0, 0.05) is 0 Å². The molecule has 3 saturated carbocycles. The van der Waals surface area contributed by atoms with Crippen molar-refractivity contribution >= 4 is 6.29 Å². The van der Waals surface area contributed by atoms with Gasteiger partial charge in [-0.1, -0.05) is 65.9 Å². The van der Waals surface area contributed by atoms with Gasteiger partial charge in [-0.3, -0.25) is 4.79 Å². The van der Waals surface area contributed by atoms with Crippen molar-refractivity contribution in [3.05, 3.63) is 11.6 Å². The molecule has 154 valence electrons. The van der Waals surface area contributed by atoms with Crippen LogP contribution in [0.15, 0.2) is 11.6 Å². The summed E-state index contributed by atoms with van der Waals surface area (Å²) in [7, 11) is 0. The molecule has 3 aliphatic rings. The maximum atomic E-state index is 11.3. The van der Waals surface area contributed by atoms with Crippen LogP contribution in [0.2, 0.25) is 0 Å². The number of unbranched alkanes of at least 4 members (excludes halogenated alkanes) is 1. The minimum absolute atomic E-state index is 0.270. The monoisotopic (exact) mass is 372 g/mol. The molecule has 0 spiro atoms. The maximum absolute atomic E-state index is 11.3. The third-order valence-corrected chi connectivity index (χ3v) is 9.55. The fourth-order valence-electron chi connectivity index (χ4n) is 8.25. The van der Waals surface area contributed by atoms with Gasteiger partial charge in [0.05, 0.1) is 0 Å². The van der Waals surface area contributed by atoms with Crippen LogP contribution in [0.3, 0.4) is 0 Å². The summed E-state index contributed by atoms with van der Waals surface area (Å²) in [6.07, 6.45) is 17.9. The Bertz CT molecular complexity index is 548. The molecule has 7 atom stereocenters. The minimum atomic E-state index is 0.270. The normalized spacial score (nSPS) is 44.0. The number of hydrogen-bond donors (Lipinski definition) is 0. The molecule has 1 nitrogen and oxygen atoms in total. The molecule has 7 unspecified atom stereocenters. The quantitative estimate of drug-likeness (QED) is 0.332. The van der Waals surface area contributed by atoms with Gasteiger partial charge in [-0.2, -0.15) is 0 Å². The number of rotatable bonds is 7. The Kier molecular flexibility index (Phi) is 6.59. The third-order valence-electron chi connectivity index (χ3n) is 9.55. The van der Waals surface area contributed by atoms with E-state index in [0.29, 0.717) is 5.41 Å². The average molecular weight is 373 g/mol. The molecule has 0 aromatic heterocycles. The Hall–Kier alpha value is -0.590. The Labute approximate surface area is 168 Å². The Morgan fingerprint density at radius 1 is 1.07 bits per heavy atom. The predicted octanol–water partition coefficient (Wildman–Crippen LogP) is 7.60. The molecule has 0 bridgehead atoms. The summed E-state index contributed by atoms with van der Waals surface area (Å²) < 4.78 is 0. The molecule has 3 rings (SSSR count). The highest BCUT2D eigenvalue weighted by Gasteiger charge is 2.58. The Morgan fingerprint density at radius 2 is 1.85 bits per heavy atom. The van der Waals surface area contributed by atoms with Crippen molar-refractivity contribution in [3.8, 4) is 0 Å². The van der Waals surface area contributed by atoms with Gasteiger partial charge in [-0.15, -0.1) is 0 Å². The van der Waals surface area contributed by atoms with Crippen molar-refractivity contribution < 1.29 is 4.79 Å². The van der Waals surface area contributed by atoms with E-state index in [-0.39, 0.29) is 5.41 Å². The number of allylic oxidation sites excluding steroid dienone is 2. The zero-order valence-corrected chi connectivity index (χ0v) is 18.7. The van der Waals surface area contributed by atoms with E-state index in [1.165, 1.54) is 76.2 Å². The van der Waals surface area contributed by atoms with E-state index in [9.17, 15) is 4.79 Å². The van der Waals surface area contributed by atoms with E-state index in [2.05, 4.69) is 34.6 Å². The first-order chi connectivity index (χ1) is 12.9. The topological polar surface area (TPSA) is 17.1 Å². The van der Waals surface area contributed by atoms with Crippen molar-refractivity contribution in [2.45, 2.75) is 105 Å². The molecule has 1 heteroatoms. The van der Waals surface area contributed by atoms with Crippen molar-refractivity contribution in [2.24, 2.45) is 40.4 Å². The van der Waals surface area contributed by atoms with Crippen LogP contribution in [0.1, 0.15) is 105 Å². The predicted molar refractivity (Wildman–Crippen MR) is 116 cm³/mol. The van der Waals surface area contributed by atoms with Crippen LogP contribution in [-0.4, -0.2) is 6.29 Å². The highest BCUT2D eigenvalue weighted by molar-refractivity contribution is 5.66. The first kappa shape index (κ1) is 21.1. The summed E-state index contributed by atoms with van der Waals surface area (Å²) in [5.41, 5.74) is 2.31. The van der Waals surface area contributed by atoms with Crippen LogP contribution in [0.5, 0.6) is 0 Å². The summed E-state index contributed by atoms with van der Waals surface area (Å²) in [4.78, 5) is 11.3. The minimum Gasteiger partial charge on any atom is -0.299 e. The molecule has 0 aromatic carbocycles. The van der Waals surface area contributed by atoms with E-state index in [1.807, 2.05) is 6.08 Å². The molecular formula is C26H44O. The molecular weight excluding hydrogens is 328 g/mol. The summed E-state index contributed by atoms with van der Waals surface area (Å²) in [5.74, 6) is 4.47. The fraction of sp³-hybridized carbons (Fsp3) is 0.885. The third kappa shape index (κ3) is 3.58. The summed E-state index contributed by atoms with van der Waals surface area (Å²) in [6.45, 7) is 12.4. The van der Waals surface area contributed by atoms with Gasteiger partial charge < -0.3 is 0 Å². The first-order valence-corrected chi connectivity index (χ1v) is 12.1. The molecule has 0 aromatic rings. The lowest BCUT2D eigenvalue weighted by Crippen LogP contribution is -2.50. The molecule has 0 N–H and O–H groups in total. The van der Waals surface area contributed by atoms with Crippen LogP contribution in [0, 0.1) is 40.4 Å². The van der Waals surface area contributed by atoms with E-state index >= 15 is 0 Å². The highest BCUT2D eigenvalue weighted by Crippen LogP contribution is 2.67. The molecule has 0 radical (unpaired) electrons. The highest BCUT2D eigenvalue weighted by atomic mass is 16.1. The first-order valence-electron chi connectivity index (χ1n) is 12.1. The van der Waals surface area contributed by atoms with Crippen LogP contribution in [0.25, 0.3) is 0 Å². The molecule has 0 amide bonds. The van der Waals surface area contributed by atoms with Gasteiger partial charge in [0.15, 0.2) is 0 Å². The van der Waals surface area contributed by atoms with Crippen molar-refractivity contribution in [3.63, 3.8) is 0 Å². The van der Waals surface area contributed by atoms with E-state index in [1.54, 1.807) is 0 Å². The Morgan fingerprint density at radius 3 is 2.52 bits per heavy atom. The average Bonchev–Trinajstić information content (AvgIpc) is 3.00. The Balaban J connectivity index is 1.84. The van der Waals surface area contributed by atoms with Crippen LogP contribution in [0.4, 0.5) is 0 Å². The SMILES string of the molecule is CCCCC(C)C1CCC2C3CC/C(=C/C=O)C(C)(CCC)C3CCC12C. The van der Waals surface area contributed by atoms with Gasteiger partial charge in [0.2, 0.25) is 0 Å². The summed E-state index contributed by atoms with van der Waals surface area (Å²) >= 11 is 0. The largest absolute Gasteiger partial charge is 0.299 e. The fourth-order valence-corrected chi connectivity index (χ4v) is 8.25. The molecule has 27 heavy (non-hydrogen) atoms. The smallest absolute Gasteiger partial charge is 0.142 e. The number of aldehydes is 1. The van der Waals surface area contributed by atoms with Crippen LogP contribution >= 0.6 is 0 Å². The molecule has 0 heterocycles. The maximum Gasteiger partial charge on any atom is 0.142 e. The lowest BCUT2D eigenvalue weighted by atomic mass is 9.47. The van der Waals surface area contributed by atoms with Crippen molar-refractivity contribution in [1.82, 2.24) is 0 Å². The van der Waals surface area contributed by atoms with Gasteiger partial charge in [0.1, 0.15) is 6.29 Å². The van der Waals surface area contributed by atoms with E-state index in [0.717, 1.165) is 35.9 Å². The van der Waals surface area contributed by atoms with Gasteiger partial charge in [-0.25, -0.2) is 0 Å². The van der Waals surface area contributed by atoms with E-state index in [4.69, 9.17) is 0 Å². The molecule has 0 saturated heterocycles. The number of carbonyl (C=O) groups is 1. The second kappa shape index (κ2) is 8.42. The second-order valence-electron chi connectivity index (χ2n) is 10.8. The molecule has 3 aliphatic carbocycles. The number of fused-ring (bicyclic) bond motifs is 3. The molecule has 3 fully saturated rings. The lowest BCUT2D eigenvalue weighted by molar-refractivity contribution is -0.104. The second-order valence-corrected chi connectivity index (χ2v) is 10.8. The van der Waals surface area contributed by atoms with Crippen LogP contribution in [-0.2, 0) is 4.79 Å². The summed E-state index contributed by atoms with van der Waals surface area (Å²) in [6, 6.07) is 0. The standard InChI is InChI=1S/C26H44O/c1-6-8-9-19(3)22-12-13-23-21-11-10-20(15-18-27)25(4,16-7-2)24(21)14-17-26(22,23)5/h15,18-19,21-24H,6-14,16-17H2,1-5H3/b20-15-. The zero-order valence-electron chi connectivity index (χ0n) is 18.7. The van der Waals surface area contributed by atoms with Gasteiger partial charge in [0.25, 0.3) is 0 Å². The molecule has 0 aliphatic heterocycles.